The first kappa shape index (κ1) is 19.1. The van der Waals surface area contributed by atoms with Crippen molar-refractivity contribution in [1.29, 1.82) is 0 Å². The maximum atomic E-state index is 12.3. The molecule has 3 N–H and O–H groups in total. The number of rotatable bonds is 5. The zero-order valence-corrected chi connectivity index (χ0v) is 14.1. The summed E-state index contributed by atoms with van der Waals surface area (Å²) in [7, 11) is 0. The Kier molecular flexibility index (Phi) is 5.20. The van der Waals surface area contributed by atoms with Crippen molar-refractivity contribution >= 4 is 23.8 Å². The van der Waals surface area contributed by atoms with Crippen LogP contribution >= 0.6 is 0 Å². The molecule has 1 heterocycles. The number of nitrogens with zero attached hydrogens (tertiary/aromatic N) is 1. The number of hydrogen-bond donors (Lipinski definition) is 2. The van der Waals surface area contributed by atoms with Crippen molar-refractivity contribution in [2.75, 3.05) is 0 Å². The van der Waals surface area contributed by atoms with Crippen molar-refractivity contribution in [3.8, 4) is 0 Å². The summed E-state index contributed by atoms with van der Waals surface area (Å²) in [5.74, 6) is -3.88. The van der Waals surface area contributed by atoms with Gasteiger partial charge in [0.1, 0.15) is 6.04 Å². The Morgan fingerprint density at radius 3 is 2.26 bits per heavy atom. The van der Waals surface area contributed by atoms with E-state index in [1.54, 1.807) is 34.6 Å². The molecule has 0 bridgehead atoms. The molecule has 8 heteroatoms. The van der Waals surface area contributed by atoms with Crippen LogP contribution in [0.25, 0.3) is 0 Å². The number of hydroxylamine groups is 2. The van der Waals surface area contributed by atoms with Gasteiger partial charge >= 0.3 is 11.9 Å². The standard InChI is InChI=1S/C15H24N2O6/c1-14(2,3)13(22)23-17-9(18)6-8(11(17)19)7-15(4,5)10(16)12(20)21/h8,10H,6-7,16H2,1-5H3,(H,20,21). The lowest BCUT2D eigenvalue weighted by Gasteiger charge is -2.30. The summed E-state index contributed by atoms with van der Waals surface area (Å²) in [6.45, 7) is 8.05. The van der Waals surface area contributed by atoms with Gasteiger partial charge in [-0.05, 0) is 32.6 Å². The molecule has 2 atom stereocenters. The number of carbonyl (C=O) groups is 4. The van der Waals surface area contributed by atoms with Crippen LogP contribution < -0.4 is 5.73 Å². The van der Waals surface area contributed by atoms with Crippen molar-refractivity contribution in [2.24, 2.45) is 22.5 Å². The van der Waals surface area contributed by atoms with Gasteiger partial charge in [-0.2, -0.15) is 0 Å². The van der Waals surface area contributed by atoms with Crippen LogP contribution in [0, 0.1) is 16.7 Å². The van der Waals surface area contributed by atoms with E-state index in [9.17, 15) is 19.2 Å². The Labute approximate surface area is 134 Å². The first-order valence-corrected chi connectivity index (χ1v) is 7.35. The number of nitrogens with two attached hydrogens (primary N) is 1. The quantitative estimate of drug-likeness (QED) is 0.711. The molecule has 0 saturated carbocycles. The van der Waals surface area contributed by atoms with Crippen molar-refractivity contribution in [3.05, 3.63) is 0 Å². The van der Waals surface area contributed by atoms with Gasteiger partial charge in [-0.1, -0.05) is 13.8 Å². The molecule has 0 radical (unpaired) electrons. The number of carboxylic acid groups (broad SMARTS) is 1. The molecular weight excluding hydrogens is 304 g/mol. The maximum Gasteiger partial charge on any atom is 0.338 e. The SMILES string of the molecule is CC(C)(C)C(=O)ON1C(=O)CC(CC(C)(C)C(N)C(=O)O)C1=O. The summed E-state index contributed by atoms with van der Waals surface area (Å²) in [6, 6.07) is -1.17. The smallest absolute Gasteiger partial charge is 0.338 e. The first-order chi connectivity index (χ1) is 10.3. The largest absolute Gasteiger partial charge is 0.480 e. The minimum absolute atomic E-state index is 0.106. The van der Waals surface area contributed by atoms with E-state index in [4.69, 9.17) is 15.7 Å². The second-order valence-corrected chi connectivity index (χ2v) is 7.56. The van der Waals surface area contributed by atoms with Gasteiger partial charge in [0.05, 0.1) is 11.3 Å². The monoisotopic (exact) mass is 328 g/mol. The average molecular weight is 328 g/mol. The number of carboxylic acids is 1. The third-order valence-electron chi connectivity index (χ3n) is 3.86. The average Bonchev–Trinajstić information content (AvgIpc) is 2.63. The fourth-order valence-corrected chi connectivity index (χ4v) is 2.24. The third-order valence-corrected chi connectivity index (χ3v) is 3.86. The first-order valence-electron chi connectivity index (χ1n) is 7.35. The van der Waals surface area contributed by atoms with Crippen molar-refractivity contribution in [2.45, 2.75) is 53.5 Å². The molecular formula is C15H24N2O6. The molecule has 1 aliphatic rings. The summed E-state index contributed by atoms with van der Waals surface area (Å²) >= 11 is 0. The molecule has 2 amide bonds. The van der Waals surface area contributed by atoms with Gasteiger partial charge in [0, 0.05) is 6.42 Å². The highest BCUT2D eigenvalue weighted by Gasteiger charge is 2.46. The van der Waals surface area contributed by atoms with Crippen LogP contribution in [0.5, 0.6) is 0 Å². The van der Waals surface area contributed by atoms with Gasteiger partial charge in [-0.3, -0.25) is 14.4 Å². The molecule has 1 aliphatic heterocycles. The predicted octanol–water partition coefficient (Wildman–Crippen LogP) is 0.694. The second kappa shape index (κ2) is 6.27. The van der Waals surface area contributed by atoms with Crippen LogP contribution in [-0.2, 0) is 24.0 Å². The molecule has 1 saturated heterocycles. The minimum Gasteiger partial charge on any atom is -0.480 e. The Morgan fingerprint density at radius 1 is 1.30 bits per heavy atom. The zero-order chi connectivity index (χ0) is 18.2. The molecule has 2 unspecified atom stereocenters. The summed E-state index contributed by atoms with van der Waals surface area (Å²) in [5, 5.41) is 9.50. The number of hydrogen-bond acceptors (Lipinski definition) is 6. The Morgan fingerprint density at radius 2 is 1.83 bits per heavy atom. The topological polar surface area (TPSA) is 127 Å². The molecule has 23 heavy (non-hydrogen) atoms. The van der Waals surface area contributed by atoms with E-state index in [-0.39, 0.29) is 12.8 Å². The molecule has 0 spiro atoms. The minimum atomic E-state index is -1.18. The number of carbonyl (C=O) groups excluding carboxylic acids is 3. The number of aliphatic carboxylic acids is 1. The Bertz CT molecular complexity index is 535. The fraction of sp³-hybridized carbons (Fsp3) is 0.733. The van der Waals surface area contributed by atoms with Crippen LogP contribution in [0.4, 0.5) is 0 Å². The summed E-state index contributed by atoms with van der Waals surface area (Å²) in [4.78, 5) is 52.0. The number of imide groups is 1. The summed E-state index contributed by atoms with van der Waals surface area (Å²) in [5.41, 5.74) is 3.88. The van der Waals surface area contributed by atoms with E-state index in [0.29, 0.717) is 5.06 Å². The van der Waals surface area contributed by atoms with Crippen LogP contribution in [0.2, 0.25) is 0 Å². The van der Waals surface area contributed by atoms with Crippen molar-refractivity contribution < 1.29 is 29.1 Å². The van der Waals surface area contributed by atoms with Gasteiger partial charge < -0.3 is 15.7 Å². The normalized spacial score (nSPS) is 20.6. The van der Waals surface area contributed by atoms with E-state index in [1.165, 1.54) is 0 Å². The van der Waals surface area contributed by atoms with Gasteiger partial charge in [0.2, 0.25) is 0 Å². The molecule has 130 valence electrons. The lowest BCUT2D eigenvalue weighted by Crippen LogP contribution is -2.45. The molecule has 1 fully saturated rings. The third kappa shape index (κ3) is 4.28. The number of amides is 2. The Balaban J connectivity index is 2.83. The predicted molar refractivity (Wildman–Crippen MR) is 79.5 cm³/mol. The maximum absolute atomic E-state index is 12.3. The summed E-state index contributed by atoms with van der Waals surface area (Å²) < 4.78 is 0. The van der Waals surface area contributed by atoms with Crippen LogP contribution in [0.15, 0.2) is 0 Å². The van der Waals surface area contributed by atoms with E-state index in [2.05, 4.69) is 0 Å². The second-order valence-electron chi connectivity index (χ2n) is 7.56. The highest BCUT2D eigenvalue weighted by molar-refractivity contribution is 6.03. The molecule has 0 aliphatic carbocycles. The molecule has 1 rings (SSSR count). The van der Waals surface area contributed by atoms with E-state index in [0.717, 1.165) is 0 Å². The Hall–Kier alpha value is -1.96. The van der Waals surface area contributed by atoms with Gasteiger partial charge in [-0.25, -0.2) is 4.79 Å². The van der Waals surface area contributed by atoms with Gasteiger partial charge in [0.15, 0.2) is 0 Å². The molecule has 0 aromatic heterocycles. The van der Waals surface area contributed by atoms with Crippen molar-refractivity contribution in [1.82, 2.24) is 5.06 Å². The lowest BCUT2D eigenvalue weighted by molar-refractivity contribution is -0.204. The molecule has 0 aromatic carbocycles. The molecule has 8 nitrogen and oxygen atoms in total. The van der Waals surface area contributed by atoms with Crippen LogP contribution in [-0.4, -0.2) is 40.0 Å². The van der Waals surface area contributed by atoms with E-state index >= 15 is 0 Å². The van der Waals surface area contributed by atoms with E-state index in [1.807, 2.05) is 0 Å². The fourth-order valence-electron chi connectivity index (χ4n) is 2.24. The van der Waals surface area contributed by atoms with Crippen LogP contribution in [0.3, 0.4) is 0 Å². The summed E-state index contributed by atoms with van der Waals surface area (Å²) in [6.07, 6.45) is -0.0271. The lowest BCUT2D eigenvalue weighted by atomic mass is 9.76. The van der Waals surface area contributed by atoms with Gasteiger partial charge in [-0.15, -0.1) is 5.06 Å². The van der Waals surface area contributed by atoms with Gasteiger partial charge in [0.25, 0.3) is 11.8 Å². The van der Waals surface area contributed by atoms with Crippen LogP contribution in [0.1, 0.15) is 47.5 Å². The molecule has 0 aromatic rings. The van der Waals surface area contributed by atoms with E-state index < -0.39 is 46.5 Å². The zero-order valence-electron chi connectivity index (χ0n) is 14.1. The highest BCUT2D eigenvalue weighted by atomic mass is 16.7. The van der Waals surface area contributed by atoms with Crippen molar-refractivity contribution in [3.63, 3.8) is 0 Å². The highest BCUT2D eigenvalue weighted by Crippen LogP contribution is 2.35.